The lowest BCUT2D eigenvalue weighted by Crippen LogP contribution is -2.28. The van der Waals surface area contributed by atoms with Gasteiger partial charge in [0.25, 0.3) is 0 Å². The molecule has 0 aliphatic heterocycles. The van der Waals surface area contributed by atoms with Crippen LogP contribution in [0.1, 0.15) is 35.8 Å². The average Bonchev–Trinajstić information content (AvgIpc) is 3.10. The van der Waals surface area contributed by atoms with Crippen molar-refractivity contribution in [3.05, 3.63) is 47.7 Å². The van der Waals surface area contributed by atoms with E-state index in [0.29, 0.717) is 24.4 Å². The maximum atomic E-state index is 9.64. The van der Waals surface area contributed by atoms with Gasteiger partial charge < -0.3 is 9.52 Å². The predicted octanol–water partition coefficient (Wildman–Crippen LogP) is 2.78. The summed E-state index contributed by atoms with van der Waals surface area (Å²) in [5.41, 5.74) is 2.80. The van der Waals surface area contributed by atoms with E-state index < -0.39 is 0 Å². The molecule has 23 heavy (non-hydrogen) atoms. The van der Waals surface area contributed by atoms with Crippen LogP contribution >= 0.6 is 0 Å². The quantitative estimate of drug-likeness (QED) is 0.805. The van der Waals surface area contributed by atoms with E-state index in [1.807, 2.05) is 36.7 Å². The van der Waals surface area contributed by atoms with Crippen molar-refractivity contribution in [2.45, 2.75) is 38.7 Å². The summed E-state index contributed by atoms with van der Waals surface area (Å²) in [6, 6.07) is 5.77. The second kappa shape index (κ2) is 5.31. The molecular weight excluding hydrogens is 292 g/mol. The van der Waals surface area contributed by atoms with Crippen LogP contribution in [0.25, 0.3) is 17.3 Å². The van der Waals surface area contributed by atoms with E-state index in [2.05, 4.69) is 10.1 Å². The van der Waals surface area contributed by atoms with Crippen molar-refractivity contribution in [3.63, 3.8) is 0 Å². The topological polar surface area (TPSA) is 77.0 Å². The Morgan fingerprint density at radius 1 is 1.26 bits per heavy atom. The van der Waals surface area contributed by atoms with Gasteiger partial charge in [0, 0.05) is 12.1 Å². The lowest BCUT2D eigenvalue weighted by atomic mass is 9.82. The van der Waals surface area contributed by atoms with Gasteiger partial charge in [-0.3, -0.25) is 4.98 Å². The highest BCUT2D eigenvalue weighted by atomic mass is 16.3. The molecule has 0 spiro atoms. The second-order valence-electron chi connectivity index (χ2n) is 6.07. The number of rotatable bonds is 3. The summed E-state index contributed by atoms with van der Waals surface area (Å²) in [6.45, 7) is 3.93. The number of nitrogens with zero attached hydrogens (tertiary/aromatic N) is 4. The second-order valence-corrected chi connectivity index (χ2v) is 6.07. The molecule has 0 bridgehead atoms. The molecule has 6 nitrogen and oxygen atoms in total. The maximum absolute atomic E-state index is 9.64. The zero-order valence-electron chi connectivity index (χ0n) is 13.1. The number of furan rings is 1. The molecule has 0 radical (unpaired) electrons. The fraction of sp³-hybridized carbons (Fsp3) is 0.353. The van der Waals surface area contributed by atoms with Crippen molar-refractivity contribution in [1.82, 2.24) is 19.7 Å². The monoisotopic (exact) mass is 310 g/mol. The summed E-state index contributed by atoms with van der Waals surface area (Å²) < 4.78 is 7.38. The zero-order chi connectivity index (χ0) is 16.0. The molecule has 1 saturated carbocycles. The molecule has 0 aromatic carbocycles. The third kappa shape index (κ3) is 2.35. The van der Waals surface area contributed by atoms with Gasteiger partial charge in [-0.1, -0.05) is 0 Å². The van der Waals surface area contributed by atoms with Crippen molar-refractivity contribution < 1.29 is 9.52 Å². The van der Waals surface area contributed by atoms with Crippen LogP contribution in [0.4, 0.5) is 0 Å². The van der Waals surface area contributed by atoms with Gasteiger partial charge in [-0.05, 0) is 50.5 Å². The first-order chi connectivity index (χ1) is 11.1. The molecule has 3 aromatic rings. The zero-order valence-corrected chi connectivity index (χ0v) is 13.1. The molecule has 1 fully saturated rings. The lowest BCUT2D eigenvalue weighted by molar-refractivity contribution is 0.0709. The van der Waals surface area contributed by atoms with Crippen molar-refractivity contribution in [3.8, 4) is 17.3 Å². The largest absolute Gasteiger partial charge is 0.461 e. The van der Waals surface area contributed by atoms with E-state index in [0.717, 1.165) is 22.8 Å². The Bertz CT molecular complexity index is 846. The van der Waals surface area contributed by atoms with Gasteiger partial charge in [0.05, 0.1) is 23.7 Å². The van der Waals surface area contributed by atoms with Crippen LogP contribution in [-0.4, -0.2) is 31.0 Å². The number of hydrogen-bond donors (Lipinski definition) is 1. The van der Waals surface area contributed by atoms with Crippen LogP contribution in [0.2, 0.25) is 0 Å². The van der Waals surface area contributed by atoms with E-state index in [1.54, 1.807) is 12.5 Å². The van der Waals surface area contributed by atoms with Gasteiger partial charge in [-0.25, -0.2) is 9.67 Å². The van der Waals surface area contributed by atoms with Crippen molar-refractivity contribution in [2.24, 2.45) is 0 Å². The Kier molecular flexibility index (Phi) is 3.27. The Hall–Kier alpha value is -2.47. The van der Waals surface area contributed by atoms with Crippen LogP contribution in [0.5, 0.6) is 0 Å². The van der Waals surface area contributed by atoms with Crippen LogP contribution in [0.3, 0.4) is 0 Å². The highest BCUT2D eigenvalue weighted by molar-refractivity contribution is 5.53. The summed E-state index contributed by atoms with van der Waals surface area (Å²) in [4.78, 5) is 9.05. The Labute approximate surface area is 133 Å². The van der Waals surface area contributed by atoms with E-state index in [1.165, 1.54) is 0 Å². The van der Waals surface area contributed by atoms with Gasteiger partial charge in [-0.15, -0.1) is 5.10 Å². The minimum atomic E-state index is -0.242. The molecule has 0 atom stereocenters. The predicted molar refractivity (Wildman–Crippen MR) is 84.3 cm³/mol. The van der Waals surface area contributed by atoms with Gasteiger partial charge in [0.15, 0.2) is 5.76 Å². The van der Waals surface area contributed by atoms with Gasteiger partial charge in [-0.2, -0.15) is 0 Å². The molecule has 1 aliphatic carbocycles. The van der Waals surface area contributed by atoms with Crippen LogP contribution in [-0.2, 0) is 0 Å². The average molecular weight is 310 g/mol. The SMILES string of the molecule is Cc1ccoc1-c1nc(C2CC(O)C2)n(-c2cccnc2C)n1. The normalized spacial score (nSPS) is 20.5. The van der Waals surface area contributed by atoms with E-state index in [9.17, 15) is 5.11 Å². The van der Waals surface area contributed by atoms with Crippen LogP contribution < -0.4 is 0 Å². The molecule has 3 aromatic heterocycles. The summed E-state index contributed by atoms with van der Waals surface area (Å²) in [6.07, 6.45) is 4.60. The summed E-state index contributed by atoms with van der Waals surface area (Å²) in [7, 11) is 0. The number of aliphatic hydroxyl groups excluding tert-OH is 1. The summed E-state index contributed by atoms with van der Waals surface area (Å²) >= 11 is 0. The molecular formula is C17H18N4O2. The van der Waals surface area contributed by atoms with E-state index in [4.69, 9.17) is 9.40 Å². The third-order valence-electron chi connectivity index (χ3n) is 4.38. The molecule has 0 amide bonds. The first-order valence-corrected chi connectivity index (χ1v) is 7.75. The lowest BCUT2D eigenvalue weighted by Gasteiger charge is -2.30. The van der Waals surface area contributed by atoms with Gasteiger partial charge in [0.2, 0.25) is 5.82 Å². The molecule has 1 N–H and O–H groups in total. The molecule has 6 heteroatoms. The highest BCUT2D eigenvalue weighted by Crippen LogP contribution is 2.38. The molecule has 4 rings (SSSR count). The number of aromatic nitrogens is 4. The molecule has 0 unspecified atom stereocenters. The first kappa shape index (κ1) is 14.1. The van der Waals surface area contributed by atoms with Crippen LogP contribution in [0.15, 0.2) is 35.1 Å². The standard InChI is InChI=1S/C17H18N4O2/c1-10-5-7-23-15(10)16-19-17(12-8-13(22)9-12)21(20-16)14-4-3-6-18-11(14)2/h3-7,12-13,22H,8-9H2,1-2H3. The Balaban J connectivity index is 1.85. The summed E-state index contributed by atoms with van der Waals surface area (Å²) in [5, 5.41) is 14.3. The van der Waals surface area contributed by atoms with E-state index >= 15 is 0 Å². The molecule has 3 heterocycles. The third-order valence-corrected chi connectivity index (χ3v) is 4.38. The minimum Gasteiger partial charge on any atom is -0.461 e. The maximum Gasteiger partial charge on any atom is 0.217 e. The van der Waals surface area contributed by atoms with Crippen molar-refractivity contribution in [2.75, 3.05) is 0 Å². The fourth-order valence-corrected chi connectivity index (χ4v) is 2.96. The number of aryl methyl sites for hydroxylation is 2. The number of pyridine rings is 1. The Morgan fingerprint density at radius 3 is 2.74 bits per heavy atom. The smallest absolute Gasteiger partial charge is 0.217 e. The first-order valence-electron chi connectivity index (χ1n) is 7.75. The molecule has 0 saturated heterocycles. The number of hydrogen-bond acceptors (Lipinski definition) is 5. The molecule has 118 valence electrons. The van der Waals surface area contributed by atoms with Crippen molar-refractivity contribution >= 4 is 0 Å². The van der Waals surface area contributed by atoms with E-state index in [-0.39, 0.29) is 12.0 Å². The van der Waals surface area contributed by atoms with Gasteiger partial charge >= 0.3 is 0 Å². The van der Waals surface area contributed by atoms with Crippen molar-refractivity contribution in [1.29, 1.82) is 0 Å². The number of aliphatic hydroxyl groups is 1. The Morgan fingerprint density at radius 2 is 2.09 bits per heavy atom. The minimum absolute atomic E-state index is 0.209. The summed E-state index contributed by atoms with van der Waals surface area (Å²) in [5.74, 6) is 2.33. The molecule has 1 aliphatic rings. The van der Waals surface area contributed by atoms with Gasteiger partial charge in [0.1, 0.15) is 5.82 Å². The fourth-order valence-electron chi connectivity index (χ4n) is 2.96. The van der Waals surface area contributed by atoms with Crippen LogP contribution in [0, 0.1) is 13.8 Å². The highest BCUT2D eigenvalue weighted by Gasteiger charge is 2.34.